The van der Waals surface area contributed by atoms with Gasteiger partial charge < -0.3 is 9.63 Å². The third-order valence-corrected chi connectivity index (χ3v) is 1.49. The van der Waals surface area contributed by atoms with Crippen molar-refractivity contribution in [2.45, 2.75) is 6.61 Å². The van der Waals surface area contributed by atoms with E-state index >= 15 is 0 Å². The quantitative estimate of drug-likeness (QED) is 0.661. The van der Waals surface area contributed by atoms with Gasteiger partial charge in [0.15, 0.2) is 11.5 Å². The molecule has 0 bridgehead atoms. The number of aromatic nitrogens is 1. The molecule has 0 fully saturated rings. The summed E-state index contributed by atoms with van der Waals surface area (Å²) < 4.78 is 4.63. The molecular weight excluding hydrogens is 176 g/mol. The van der Waals surface area contributed by atoms with Crippen molar-refractivity contribution in [3.63, 3.8) is 0 Å². The van der Waals surface area contributed by atoms with Gasteiger partial charge in [-0.3, -0.25) is 9.63 Å². The molecule has 0 aromatic carbocycles. The number of hydrogen-bond donors (Lipinski definition) is 1. The first-order valence-electron chi connectivity index (χ1n) is 3.57. The lowest BCUT2D eigenvalue weighted by Gasteiger charge is -2.10. The van der Waals surface area contributed by atoms with Crippen molar-refractivity contribution in [2.75, 3.05) is 14.2 Å². The maximum atomic E-state index is 11.3. The number of nitrogens with zero attached hydrogens (tertiary/aromatic N) is 2. The van der Waals surface area contributed by atoms with Crippen LogP contribution in [0.15, 0.2) is 10.6 Å². The van der Waals surface area contributed by atoms with Crippen LogP contribution in [-0.4, -0.2) is 35.4 Å². The lowest BCUT2D eigenvalue weighted by molar-refractivity contribution is -0.0762. The number of rotatable bonds is 3. The Kier molecular flexibility index (Phi) is 2.99. The van der Waals surface area contributed by atoms with Gasteiger partial charge in [0, 0.05) is 13.1 Å². The smallest absolute Gasteiger partial charge is 0.299 e. The summed E-state index contributed by atoms with van der Waals surface area (Å²) in [7, 11) is 2.82. The SMILES string of the molecule is CON(C)C(=O)c1cc(CO)on1. The Morgan fingerprint density at radius 1 is 1.85 bits per heavy atom. The van der Waals surface area contributed by atoms with Crippen LogP contribution in [0.25, 0.3) is 0 Å². The van der Waals surface area contributed by atoms with Crippen LogP contribution in [0.4, 0.5) is 0 Å². The molecule has 0 saturated carbocycles. The number of aliphatic hydroxyl groups is 1. The van der Waals surface area contributed by atoms with Crippen LogP contribution in [0.2, 0.25) is 0 Å². The minimum atomic E-state index is -0.425. The average molecular weight is 186 g/mol. The molecular formula is C7H10N2O4. The third kappa shape index (κ3) is 2.04. The Morgan fingerprint density at radius 2 is 2.54 bits per heavy atom. The predicted octanol–water partition coefficient (Wildman–Crippen LogP) is -0.200. The van der Waals surface area contributed by atoms with E-state index in [1.807, 2.05) is 0 Å². The summed E-state index contributed by atoms with van der Waals surface area (Å²) in [5.74, 6) is -0.182. The number of carbonyl (C=O) groups excluding carboxylic acids is 1. The predicted molar refractivity (Wildman–Crippen MR) is 41.5 cm³/mol. The monoisotopic (exact) mass is 186 g/mol. The topological polar surface area (TPSA) is 75.8 Å². The molecule has 6 heteroatoms. The van der Waals surface area contributed by atoms with Gasteiger partial charge >= 0.3 is 0 Å². The first kappa shape index (κ1) is 9.69. The molecule has 0 spiro atoms. The number of amides is 1. The largest absolute Gasteiger partial charge is 0.388 e. The van der Waals surface area contributed by atoms with E-state index in [0.717, 1.165) is 5.06 Å². The Morgan fingerprint density at radius 3 is 3.00 bits per heavy atom. The van der Waals surface area contributed by atoms with Crippen LogP contribution >= 0.6 is 0 Å². The maximum absolute atomic E-state index is 11.3. The molecule has 0 saturated heterocycles. The van der Waals surface area contributed by atoms with Crippen molar-refractivity contribution in [1.29, 1.82) is 0 Å². The normalized spacial score (nSPS) is 10.1. The van der Waals surface area contributed by atoms with Crippen molar-refractivity contribution in [3.05, 3.63) is 17.5 Å². The van der Waals surface area contributed by atoms with Crippen molar-refractivity contribution >= 4 is 5.91 Å². The van der Waals surface area contributed by atoms with Gasteiger partial charge in [-0.15, -0.1) is 0 Å². The minimum absolute atomic E-state index is 0.105. The van der Waals surface area contributed by atoms with Gasteiger partial charge in [0.25, 0.3) is 5.91 Å². The molecule has 13 heavy (non-hydrogen) atoms. The summed E-state index contributed by atoms with van der Waals surface area (Å²) in [6.07, 6.45) is 0. The Labute approximate surface area is 74.6 Å². The van der Waals surface area contributed by atoms with Crippen molar-refractivity contribution in [1.82, 2.24) is 10.2 Å². The molecule has 0 aliphatic carbocycles. The van der Waals surface area contributed by atoms with Crippen LogP contribution < -0.4 is 0 Å². The number of hydroxylamine groups is 2. The molecule has 1 rings (SSSR count). The van der Waals surface area contributed by atoms with Crippen molar-refractivity contribution < 1.29 is 19.3 Å². The molecule has 0 radical (unpaired) electrons. The van der Waals surface area contributed by atoms with Crippen LogP contribution in [0.5, 0.6) is 0 Å². The highest BCUT2D eigenvalue weighted by Crippen LogP contribution is 2.05. The highest BCUT2D eigenvalue weighted by molar-refractivity contribution is 5.91. The summed E-state index contributed by atoms with van der Waals surface area (Å²) in [4.78, 5) is 16.0. The second kappa shape index (κ2) is 4.01. The van der Waals surface area contributed by atoms with Crippen LogP contribution in [-0.2, 0) is 11.4 Å². The highest BCUT2D eigenvalue weighted by Gasteiger charge is 2.16. The maximum Gasteiger partial charge on any atom is 0.299 e. The molecule has 1 amide bonds. The summed E-state index contributed by atoms with van der Waals surface area (Å²) >= 11 is 0. The van der Waals surface area contributed by atoms with E-state index in [1.54, 1.807) is 0 Å². The van der Waals surface area contributed by atoms with Crippen LogP contribution in [0.3, 0.4) is 0 Å². The molecule has 72 valence electrons. The summed E-state index contributed by atoms with van der Waals surface area (Å²) in [5.41, 5.74) is 0.105. The van der Waals surface area contributed by atoms with Crippen LogP contribution in [0.1, 0.15) is 16.2 Å². The van der Waals surface area contributed by atoms with Crippen LogP contribution in [0, 0.1) is 0 Å². The molecule has 1 N–H and O–H groups in total. The Hall–Kier alpha value is -1.40. The lowest BCUT2D eigenvalue weighted by Crippen LogP contribution is -2.25. The Bertz CT molecular complexity index is 296. The Balaban J connectivity index is 2.77. The van der Waals surface area contributed by atoms with E-state index < -0.39 is 5.91 Å². The summed E-state index contributed by atoms with van der Waals surface area (Å²) in [6, 6.07) is 1.36. The lowest BCUT2D eigenvalue weighted by atomic mass is 10.3. The van der Waals surface area contributed by atoms with Gasteiger partial charge in [-0.1, -0.05) is 5.16 Å². The van der Waals surface area contributed by atoms with Gasteiger partial charge in [-0.2, -0.15) is 0 Å². The number of carbonyl (C=O) groups is 1. The number of aliphatic hydroxyl groups excluding tert-OH is 1. The highest BCUT2D eigenvalue weighted by atomic mass is 16.7. The molecule has 1 aromatic rings. The van der Waals surface area contributed by atoms with Gasteiger partial charge in [-0.05, 0) is 0 Å². The molecule has 0 aliphatic heterocycles. The van der Waals surface area contributed by atoms with Crippen molar-refractivity contribution in [2.24, 2.45) is 0 Å². The molecule has 1 heterocycles. The first-order valence-corrected chi connectivity index (χ1v) is 3.57. The van der Waals surface area contributed by atoms with E-state index in [-0.39, 0.29) is 18.1 Å². The standard InChI is InChI=1S/C7H10N2O4/c1-9(12-2)7(11)6-3-5(4-10)13-8-6/h3,10H,4H2,1-2H3. The first-order chi connectivity index (χ1) is 6.19. The van der Waals surface area contributed by atoms with E-state index in [2.05, 4.69) is 14.5 Å². The zero-order valence-corrected chi connectivity index (χ0v) is 7.35. The fourth-order valence-electron chi connectivity index (χ4n) is 0.733. The second-order valence-electron chi connectivity index (χ2n) is 2.32. The molecule has 0 atom stereocenters. The van der Waals surface area contributed by atoms with Gasteiger partial charge in [0.05, 0.1) is 7.11 Å². The minimum Gasteiger partial charge on any atom is -0.388 e. The fourth-order valence-corrected chi connectivity index (χ4v) is 0.733. The molecule has 0 unspecified atom stereocenters. The zero-order chi connectivity index (χ0) is 9.84. The van der Waals surface area contributed by atoms with Crippen molar-refractivity contribution in [3.8, 4) is 0 Å². The fraction of sp³-hybridized carbons (Fsp3) is 0.429. The average Bonchev–Trinajstić information content (AvgIpc) is 2.63. The third-order valence-electron chi connectivity index (χ3n) is 1.49. The van der Waals surface area contributed by atoms with E-state index in [4.69, 9.17) is 5.11 Å². The molecule has 6 nitrogen and oxygen atoms in total. The van der Waals surface area contributed by atoms with Gasteiger partial charge in [0.1, 0.15) is 6.61 Å². The summed E-state index contributed by atoms with van der Waals surface area (Å²) in [6.45, 7) is -0.281. The zero-order valence-electron chi connectivity index (χ0n) is 7.35. The molecule has 0 aliphatic rings. The second-order valence-corrected chi connectivity index (χ2v) is 2.32. The van der Waals surface area contributed by atoms with E-state index in [9.17, 15) is 4.79 Å². The van der Waals surface area contributed by atoms with E-state index in [0.29, 0.717) is 0 Å². The van der Waals surface area contributed by atoms with E-state index in [1.165, 1.54) is 20.2 Å². The van der Waals surface area contributed by atoms with Gasteiger partial charge in [0.2, 0.25) is 0 Å². The summed E-state index contributed by atoms with van der Waals surface area (Å²) in [5, 5.41) is 13.1. The molecule has 1 aromatic heterocycles. The van der Waals surface area contributed by atoms with Gasteiger partial charge in [-0.25, -0.2) is 5.06 Å². The number of hydrogen-bond acceptors (Lipinski definition) is 5.